The number of benzene rings is 2. The van der Waals surface area contributed by atoms with Gasteiger partial charge in [-0.2, -0.15) is 0 Å². The first kappa shape index (κ1) is 17.8. The number of rotatable bonds is 6. The van der Waals surface area contributed by atoms with Crippen LogP contribution in [0.1, 0.15) is 0 Å². The van der Waals surface area contributed by atoms with Gasteiger partial charge >= 0.3 is 0 Å². The highest BCUT2D eigenvalue weighted by Crippen LogP contribution is 2.25. The van der Waals surface area contributed by atoms with Crippen LogP contribution in [0.15, 0.2) is 71.8 Å². The molecule has 0 bridgehead atoms. The second-order valence-electron chi connectivity index (χ2n) is 5.44. The number of fused-ring (bicyclic) bond motifs is 1. The van der Waals surface area contributed by atoms with Crippen LogP contribution in [0.4, 0.5) is 5.69 Å². The van der Waals surface area contributed by atoms with Crippen LogP contribution >= 0.6 is 0 Å². The van der Waals surface area contributed by atoms with Gasteiger partial charge in [0, 0.05) is 5.39 Å². The fourth-order valence-corrected chi connectivity index (χ4v) is 3.93. The summed E-state index contributed by atoms with van der Waals surface area (Å²) < 4.78 is 27.2. The molecule has 1 amide bonds. The van der Waals surface area contributed by atoms with Crippen molar-refractivity contribution in [3.8, 4) is 0 Å². The van der Waals surface area contributed by atoms with Crippen LogP contribution in [-0.2, 0) is 19.7 Å². The number of hydroxylamine groups is 1. The van der Waals surface area contributed by atoms with Gasteiger partial charge in [-0.3, -0.25) is 18.9 Å². The van der Waals surface area contributed by atoms with Crippen LogP contribution in [0.3, 0.4) is 0 Å². The lowest BCUT2D eigenvalue weighted by atomic mass is 10.2. The Hall–Kier alpha value is -2.97. The maximum absolute atomic E-state index is 13.1. The fourth-order valence-electron chi connectivity index (χ4n) is 2.51. The molecule has 3 aromatic rings. The van der Waals surface area contributed by atoms with Crippen LogP contribution in [0.2, 0.25) is 0 Å². The molecule has 0 aliphatic rings. The van der Waals surface area contributed by atoms with Crippen LogP contribution in [-0.4, -0.2) is 33.0 Å². The first-order valence-corrected chi connectivity index (χ1v) is 9.21. The average molecular weight is 371 g/mol. The number of nitrogens with one attached hydrogen (secondary N) is 1. The van der Waals surface area contributed by atoms with Crippen molar-refractivity contribution in [1.82, 2.24) is 10.5 Å². The van der Waals surface area contributed by atoms with Crippen molar-refractivity contribution in [1.29, 1.82) is 0 Å². The van der Waals surface area contributed by atoms with Gasteiger partial charge in [0.1, 0.15) is 6.54 Å². The van der Waals surface area contributed by atoms with E-state index < -0.39 is 22.5 Å². The van der Waals surface area contributed by atoms with Crippen molar-refractivity contribution in [2.75, 3.05) is 18.0 Å². The highest BCUT2D eigenvalue weighted by Gasteiger charge is 2.27. The molecule has 0 saturated carbocycles. The number of aromatic nitrogens is 1. The molecule has 0 unspecified atom stereocenters. The normalized spacial score (nSPS) is 11.3. The molecule has 2 aromatic carbocycles. The van der Waals surface area contributed by atoms with E-state index in [9.17, 15) is 13.2 Å². The molecular weight excluding hydrogens is 354 g/mol. The van der Waals surface area contributed by atoms with Crippen LogP contribution in [0, 0.1) is 0 Å². The lowest BCUT2D eigenvalue weighted by molar-refractivity contribution is -0.129. The summed E-state index contributed by atoms with van der Waals surface area (Å²) in [4.78, 5) is 21.0. The lowest BCUT2D eigenvalue weighted by Gasteiger charge is -2.23. The fraction of sp³-hybridized carbons (Fsp3) is 0.111. The van der Waals surface area contributed by atoms with Crippen molar-refractivity contribution in [3.05, 3.63) is 66.9 Å². The second kappa shape index (κ2) is 7.51. The number of pyridine rings is 1. The minimum absolute atomic E-state index is 0.0818. The summed E-state index contributed by atoms with van der Waals surface area (Å²) in [5, 5.41) is 0.769. The Morgan fingerprint density at radius 2 is 1.81 bits per heavy atom. The summed E-state index contributed by atoms with van der Waals surface area (Å²) in [5.74, 6) is -0.597. The molecule has 1 heterocycles. The quantitative estimate of drug-likeness (QED) is 0.671. The van der Waals surface area contributed by atoms with Gasteiger partial charge in [-0.05, 0) is 24.3 Å². The van der Waals surface area contributed by atoms with Gasteiger partial charge in [-0.25, -0.2) is 13.9 Å². The first-order chi connectivity index (χ1) is 12.5. The average Bonchev–Trinajstić information content (AvgIpc) is 2.66. The zero-order chi connectivity index (χ0) is 18.6. The summed E-state index contributed by atoms with van der Waals surface area (Å²) in [6, 6.07) is 16.9. The van der Waals surface area contributed by atoms with E-state index in [-0.39, 0.29) is 4.90 Å². The molecule has 1 N–H and O–H groups in total. The molecule has 0 aliphatic heterocycles. The summed E-state index contributed by atoms with van der Waals surface area (Å²) >= 11 is 0. The van der Waals surface area contributed by atoms with E-state index in [2.05, 4.69) is 15.3 Å². The van der Waals surface area contributed by atoms with Crippen molar-refractivity contribution in [3.63, 3.8) is 0 Å². The summed E-state index contributed by atoms with van der Waals surface area (Å²) in [6.45, 7) is -0.439. The van der Waals surface area contributed by atoms with Crippen LogP contribution in [0.25, 0.3) is 10.9 Å². The van der Waals surface area contributed by atoms with E-state index in [4.69, 9.17) is 0 Å². The van der Waals surface area contributed by atoms with Gasteiger partial charge in [0.15, 0.2) is 0 Å². The zero-order valence-electron chi connectivity index (χ0n) is 14.0. The SMILES string of the molecule is CONC(=O)CN(c1cnc2ccccc2c1)S(=O)(=O)c1ccccc1. The summed E-state index contributed by atoms with van der Waals surface area (Å²) in [5.41, 5.74) is 3.16. The Bertz CT molecular complexity index is 1020. The number of anilines is 1. The molecule has 3 rings (SSSR count). The van der Waals surface area contributed by atoms with Gasteiger partial charge in [0.25, 0.3) is 15.9 Å². The molecule has 26 heavy (non-hydrogen) atoms. The van der Waals surface area contributed by atoms with Gasteiger partial charge in [-0.1, -0.05) is 36.4 Å². The Labute approximate surface area is 151 Å². The molecule has 0 saturated heterocycles. The van der Waals surface area contributed by atoms with Crippen molar-refractivity contribution in [2.24, 2.45) is 0 Å². The highest BCUT2D eigenvalue weighted by molar-refractivity contribution is 7.92. The molecule has 7 nitrogen and oxygen atoms in total. The number of nitrogens with zero attached hydrogens (tertiary/aromatic N) is 2. The lowest BCUT2D eigenvalue weighted by Crippen LogP contribution is -2.40. The molecule has 134 valence electrons. The zero-order valence-corrected chi connectivity index (χ0v) is 14.8. The van der Waals surface area contributed by atoms with E-state index >= 15 is 0 Å². The van der Waals surface area contributed by atoms with Crippen molar-refractivity contribution >= 4 is 32.5 Å². The van der Waals surface area contributed by atoms with Crippen molar-refractivity contribution in [2.45, 2.75) is 4.90 Å². The third-order valence-corrected chi connectivity index (χ3v) is 5.49. The predicted molar refractivity (Wildman–Crippen MR) is 97.9 cm³/mol. The minimum Gasteiger partial charge on any atom is -0.277 e. The number of carbonyl (C=O) groups excluding carboxylic acids is 1. The van der Waals surface area contributed by atoms with E-state index in [0.717, 1.165) is 15.2 Å². The van der Waals surface area contributed by atoms with Gasteiger partial charge in [-0.15, -0.1) is 0 Å². The molecule has 0 atom stereocenters. The Morgan fingerprint density at radius 1 is 1.12 bits per heavy atom. The van der Waals surface area contributed by atoms with Crippen molar-refractivity contribution < 1.29 is 18.0 Å². The molecule has 0 aliphatic carbocycles. The molecule has 0 fully saturated rings. The van der Waals surface area contributed by atoms with Gasteiger partial charge in [0.05, 0.1) is 29.4 Å². The smallest absolute Gasteiger partial charge is 0.264 e. The molecule has 8 heteroatoms. The monoisotopic (exact) mass is 371 g/mol. The maximum atomic E-state index is 13.1. The van der Waals surface area contributed by atoms with E-state index in [1.807, 2.05) is 24.3 Å². The number of hydrogen-bond acceptors (Lipinski definition) is 5. The topological polar surface area (TPSA) is 88.6 Å². The number of para-hydroxylation sites is 1. The minimum atomic E-state index is -3.96. The number of sulfonamides is 1. The Morgan fingerprint density at radius 3 is 2.54 bits per heavy atom. The highest BCUT2D eigenvalue weighted by atomic mass is 32.2. The molecule has 0 spiro atoms. The maximum Gasteiger partial charge on any atom is 0.264 e. The largest absolute Gasteiger partial charge is 0.277 e. The number of carbonyl (C=O) groups is 1. The summed E-state index contributed by atoms with van der Waals surface area (Å²) in [7, 11) is -2.68. The molecule has 0 radical (unpaired) electrons. The van der Waals surface area contributed by atoms with Crippen LogP contribution < -0.4 is 9.79 Å². The predicted octanol–water partition coefficient (Wildman–Crippen LogP) is 2.11. The van der Waals surface area contributed by atoms with Crippen LogP contribution in [0.5, 0.6) is 0 Å². The Kier molecular flexibility index (Phi) is 5.15. The first-order valence-electron chi connectivity index (χ1n) is 7.77. The van der Waals surface area contributed by atoms with E-state index in [0.29, 0.717) is 5.69 Å². The third kappa shape index (κ3) is 3.66. The summed E-state index contributed by atoms with van der Waals surface area (Å²) in [6.07, 6.45) is 1.43. The second-order valence-corrected chi connectivity index (χ2v) is 7.30. The van der Waals surface area contributed by atoms with E-state index in [1.54, 1.807) is 24.3 Å². The standard InChI is InChI=1S/C18H17N3O4S/c1-25-20-18(22)13-21(26(23,24)16-8-3-2-4-9-16)15-11-14-7-5-6-10-17(14)19-12-15/h2-12H,13H2,1H3,(H,20,22). The number of hydrogen-bond donors (Lipinski definition) is 1. The number of amides is 1. The van der Waals surface area contributed by atoms with Gasteiger partial charge in [0.2, 0.25) is 0 Å². The Balaban J connectivity index is 2.09. The van der Waals surface area contributed by atoms with Gasteiger partial charge < -0.3 is 0 Å². The van der Waals surface area contributed by atoms with E-state index in [1.165, 1.54) is 25.4 Å². The molecule has 1 aromatic heterocycles. The molecular formula is C18H17N3O4S. The third-order valence-electron chi connectivity index (χ3n) is 3.70.